The molecule has 0 aliphatic rings. The predicted octanol–water partition coefficient (Wildman–Crippen LogP) is 1.61. The van der Waals surface area contributed by atoms with Gasteiger partial charge in [-0.3, -0.25) is 0 Å². The summed E-state index contributed by atoms with van der Waals surface area (Å²) in [5, 5.41) is 8.23. The van der Waals surface area contributed by atoms with Gasteiger partial charge in [0, 0.05) is 5.56 Å². The zero-order valence-corrected chi connectivity index (χ0v) is 8.38. The van der Waals surface area contributed by atoms with Crippen LogP contribution >= 0.6 is 0 Å². The molecule has 0 saturated carbocycles. The van der Waals surface area contributed by atoms with Gasteiger partial charge in [-0.15, -0.1) is 3.89 Å². The molecule has 0 fully saturated rings. The van der Waals surface area contributed by atoms with Gasteiger partial charge >= 0.3 is 10.2 Å². The van der Waals surface area contributed by atoms with E-state index in [0.717, 1.165) is 6.07 Å². The van der Waals surface area contributed by atoms with Crippen LogP contribution in [0.25, 0.3) is 0 Å². The van der Waals surface area contributed by atoms with Gasteiger partial charge in [0.15, 0.2) is 0 Å². The number of rotatable bonds is 1. The number of benzene rings is 1. The fraction of sp³-hybridized carbons (Fsp3) is 0.100. The van der Waals surface area contributed by atoms with Crippen LogP contribution in [0.2, 0.25) is 0 Å². The highest BCUT2D eigenvalue weighted by atomic mass is 32.3. The SMILES string of the molecule is N#CCC#Cc1ccccc1S(=O)(=O)F. The van der Waals surface area contributed by atoms with E-state index in [1.807, 2.05) is 0 Å². The molecule has 0 aromatic heterocycles. The van der Waals surface area contributed by atoms with E-state index < -0.39 is 15.1 Å². The van der Waals surface area contributed by atoms with E-state index in [4.69, 9.17) is 5.26 Å². The quantitative estimate of drug-likeness (QED) is 0.536. The Morgan fingerprint density at radius 1 is 1.33 bits per heavy atom. The van der Waals surface area contributed by atoms with E-state index in [2.05, 4.69) is 11.8 Å². The number of halogens is 1. The Bertz CT molecular complexity index is 561. The smallest absolute Gasteiger partial charge is 0.197 e. The maximum Gasteiger partial charge on any atom is 0.333 e. The molecule has 15 heavy (non-hydrogen) atoms. The lowest BCUT2D eigenvalue weighted by Crippen LogP contribution is -1.95. The van der Waals surface area contributed by atoms with Crippen molar-refractivity contribution >= 4 is 10.2 Å². The van der Waals surface area contributed by atoms with Crippen LogP contribution in [0.15, 0.2) is 29.2 Å². The number of nitriles is 1. The molecule has 0 radical (unpaired) electrons. The van der Waals surface area contributed by atoms with Crippen molar-refractivity contribution in [3.05, 3.63) is 29.8 Å². The van der Waals surface area contributed by atoms with Gasteiger partial charge in [-0.1, -0.05) is 24.0 Å². The fourth-order valence-electron chi connectivity index (χ4n) is 0.961. The summed E-state index contributed by atoms with van der Waals surface area (Å²) >= 11 is 0. The summed E-state index contributed by atoms with van der Waals surface area (Å²) in [4.78, 5) is -0.463. The third-order valence-corrected chi connectivity index (χ3v) is 2.42. The maximum absolute atomic E-state index is 12.7. The first-order valence-electron chi connectivity index (χ1n) is 3.95. The minimum Gasteiger partial charge on any atom is -0.197 e. The van der Waals surface area contributed by atoms with Crippen molar-refractivity contribution < 1.29 is 12.3 Å². The molecule has 0 atom stereocenters. The fourth-order valence-corrected chi connectivity index (χ4v) is 1.58. The normalized spacial score (nSPS) is 9.87. The molecule has 0 unspecified atom stereocenters. The van der Waals surface area contributed by atoms with Crippen molar-refractivity contribution in [3.8, 4) is 17.9 Å². The van der Waals surface area contributed by atoms with Crippen molar-refractivity contribution in [2.75, 3.05) is 0 Å². The van der Waals surface area contributed by atoms with Crippen molar-refractivity contribution in [1.29, 1.82) is 5.26 Å². The van der Waals surface area contributed by atoms with Gasteiger partial charge in [-0.25, -0.2) is 0 Å². The van der Waals surface area contributed by atoms with Crippen molar-refractivity contribution in [1.82, 2.24) is 0 Å². The van der Waals surface area contributed by atoms with Crippen molar-refractivity contribution in [2.24, 2.45) is 0 Å². The molecule has 0 aliphatic carbocycles. The zero-order chi connectivity index (χ0) is 11.3. The van der Waals surface area contributed by atoms with E-state index in [-0.39, 0.29) is 12.0 Å². The lowest BCUT2D eigenvalue weighted by atomic mass is 10.2. The lowest BCUT2D eigenvalue weighted by molar-refractivity contribution is 0.552. The third kappa shape index (κ3) is 3.08. The molecule has 1 rings (SSSR count). The Hall–Kier alpha value is -1.85. The summed E-state index contributed by atoms with van der Waals surface area (Å²) in [7, 11) is -4.76. The van der Waals surface area contributed by atoms with Gasteiger partial charge < -0.3 is 0 Å². The highest BCUT2D eigenvalue weighted by Gasteiger charge is 2.14. The topological polar surface area (TPSA) is 57.9 Å². The molecule has 0 aliphatic heterocycles. The van der Waals surface area contributed by atoms with E-state index in [9.17, 15) is 12.3 Å². The van der Waals surface area contributed by atoms with Crippen LogP contribution in [0.3, 0.4) is 0 Å². The Morgan fingerprint density at radius 3 is 2.60 bits per heavy atom. The van der Waals surface area contributed by atoms with Gasteiger partial charge in [-0.2, -0.15) is 13.7 Å². The molecule has 0 saturated heterocycles. The summed E-state index contributed by atoms with van der Waals surface area (Å²) in [6.45, 7) is 0. The molecule has 0 bridgehead atoms. The second-order valence-electron chi connectivity index (χ2n) is 2.57. The minimum atomic E-state index is -4.76. The Labute approximate surface area is 87.4 Å². The van der Waals surface area contributed by atoms with Gasteiger partial charge in [0.25, 0.3) is 0 Å². The van der Waals surface area contributed by atoms with Gasteiger partial charge in [-0.05, 0) is 12.1 Å². The molecular formula is C10H6FNO2S. The molecule has 1 aromatic carbocycles. The molecule has 5 heteroatoms. The van der Waals surface area contributed by atoms with Crippen LogP contribution in [0.4, 0.5) is 3.89 Å². The number of hydrogen-bond donors (Lipinski definition) is 0. The Kier molecular flexibility index (Phi) is 3.43. The van der Waals surface area contributed by atoms with E-state index >= 15 is 0 Å². The second kappa shape index (κ2) is 4.59. The predicted molar refractivity (Wildman–Crippen MR) is 51.8 cm³/mol. The average molecular weight is 223 g/mol. The summed E-state index contributed by atoms with van der Waals surface area (Å²) in [5.74, 6) is 4.85. The number of hydrogen-bond acceptors (Lipinski definition) is 3. The largest absolute Gasteiger partial charge is 0.333 e. The average Bonchev–Trinajstić information content (AvgIpc) is 2.17. The summed E-state index contributed by atoms with van der Waals surface area (Å²) in [5.41, 5.74) is 0.0650. The van der Waals surface area contributed by atoms with Gasteiger partial charge in [0.05, 0.1) is 12.5 Å². The molecular weight excluding hydrogens is 217 g/mol. The monoisotopic (exact) mass is 223 g/mol. The van der Waals surface area contributed by atoms with Crippen LogP contribution in [0.1, 0.15) is 12.0 Å². The zero-order valence-electron chi connectivity index (χ0n) is 7.57. The van der Waals surface area contributed by atoms with E-state index in [1.54, 1.807) is 12.1 Å². The molecule has 3 nitrogen and oxygen atoms in total. The Balaban J connectivity index is 3.23. The molecule has 0 amide bonds. The first kappa shape index (κ1) is 11.2. The third-order valence-electron chi connectivity index (χ3n) is 1.54. The van der Waals surface area contributed by atoms with Crippen LogP contribution in [0.5, 0.6) is 0 Å². The van der Waals surface area contributed by atoms with Crippen LogP contribution < -0.4 is 0 Å². The minimum absolute atomic E-state index is 0.0271. The summed E-state index contributed by atoms with van der Waals surface area (Å²) in [6.07, 6.45) is -0.0271. The number of nitrogens with zero attached hydrogens (tertiary/aromatic N) is 1. The molecule has 0 heterocycles. The van der Waals surface area contributed by atoms with Crippen LogP contribution in [-0.4, -0.2) is 8.42 Å². The molecule has 76 valence electrons. The molecule has 1 aromatic rings. The van der Waals surface area contributed by atoms with Crippen molar-refractivity contribution in [2.45, 2.75) is 11.3 Å². The van der Waals surface area contributed by atoms with E-state index in [0.29, 0.717) is 0 Å². The summed E-state index contributed by atoms with van der Waals surface area (Å²) in [6, 6.07) is 7.25. The molecule has 0 spiro atoms. The van der Waals surface area contributed by atoms with Crippen molar-refractivity contribution in [3.63, 3.8) is 0 Å². The Morgan fingerprint density at radius 2 is 2.00 bits per heavy atom. The summed E-state index contributed by atoms with van der Waals surface area (Å²) < 4.78 is 34.1. The standard InChI is InChI=1S/C10H6FNO2S/c11-15(13,14)10-7-2-1-5-9(10)6-3-4-8-12/h1-2,5,7H,4H2. The van der Waals surface area contributed by atoms with Gasteiger partial charge in [0.1, 0.15) is 4.90 Å². The second-order valence-corrected chi connectivity index (χ2v) is 3.89. The molecule has 0 N–H and O–H groups in total. The lowest BCUT2D eigenvalue weighted by Gasteiger charge is -1.97. The maximum atomic E-state index is 12.7. The van der Waals surface area contributed by atoms with E-state index in [1.165, 1.54) is 12.1 Å². The first-order chi connectivity index (χ1) is 7.05. The van der Waals surface area contributed by atoms with Crippen LogP contribution in [-0.2, 0) is 10.2 Å². The first-order valence-corrected chi connectivity index (χ1v) is 5.33. The highest BCUT2D eigenvalue weighted by molar-refractivity contribution is 7.86. The highest BCUT2D eigenvalue weighted by Crippen LogP contribution is 2.16. The van der Waals surface area contributed by atoms with Gasteiger partial charge in [0.2, 0.25) is 0 Å². The van der Waals surface area contributed by atoms with Crippen LogP contribution in [0, 0.1) is 23.2 Å².